The Balaban J connectivity index is 1.92. The van der Waals surface area contributed by atoms with Crippen LogP contribution in [0.3, 0.4) is 0 Å². The summed E-state index contributed by atoms with van der Waals surface area (Å²) in [7, 11) is 0. The zero-order chi connectivity index (χ0) is 10.5. The van der Waals surface area contributed by atoms with E-state index in [0.29, 0.717) is 6.54 Å². The molecular weight excluding hydrogens is 186 g/mol. The van der Waals surface area contributed by atoms with Crippen LogP contribution in [0.4, 0.5) is 0 Å². The highest BCUT2D eigenvalue weighted by Gasteiger charge is 2.60. The summed E-state index contributed by atoms with van der Waals surface area (Å²) in [6.07, 6.45) is 9.70. The third kappa shape index (κ3) is 1.18. The maximum atomic E-state index is 10.9. The second-order valence-corrected chi connectivity index (χ2v) is 6.18. The summed E-state index contributed by atoms with van der Waals surface area (Å²) in [6.45, 7) is 0.713. The largest absolute Gasteiger partial charge is 0.389 e. The number of hydrogen-bond donors (Lipinski definition) is 2. The van der Waals surface area contributed by atoms with Crippen LogP contribution in [0.15, 0.2) is 0 Å². The molecule has 3 saturated carbocycles. The van der Waals surface area contributed by atoms with Gasteiger partial charge < -0.3 is 10.8 Å². The molecular formula is C13H23NO. The molecule has 3 aliphatic carbocycles. The maximum absolute atomic E-state index is 10.9. The number of nitrogens with two attached hydrogens (primary N) is 1. The molecule has 0 heterocycles. The lowest BCUT2D eigenvalue weighted by Crippen LogP contribution is -2.54. The highest BCUT2D eigenvalue weighted by molar-refractivity contribution is 5.12. The Labute approximate surface area is 92.2 Å². The second-order valence-electron chi connectivity index (χ2n) is 6.18. The summed E-state index contributed by atoms with van der Waals surface area (Å²) in [5, 5.41) is 10.9. The first-order valence-corrected chi connectivity index (χ1v) is 6.63. The molecule has 86 valence electrons. The van der Waals surface area contributed by atoms with E-state index in [-0.39, 0.29) is 5.41 Å². The molecule has 3 rings (SSSR count). The molecule has 3 aliphatic rings. The Morgan fingerprint density at radius 1 is 1.20 bits per heavy atom. The third-order valence-electron chi connectivity index (χ3n) is 5.70. The van der Waals surface area contributed by atoms with E-state index in [4.69, 9.17) is 5.73 Å². The summed E-state index contributed by atoms with van der Waals surface area (Å²) in [4.78, 5) is 0. The first-order chi connectivity index (χ1) is 7.20. The summed E-state index contributed by atoms with van der Waals surface area (Å²) in [5.41, 5.74) is 5.76. The standard InChI is InChI=1S/C13H23NO/c14-9-12(13(15)5-1-2-6-13)8-10-3-4-11(12)7-10/h10-11,15H,1-9,14H2. The molecule has 15 heavy (non-hydrogen) atoms. The maximum Gasteiger partial charge on any atom is 0.0718 e. The van der Waals surface area contributed by atoms with Gasteiger partial charge in [0.25, 0.3) is 0 Å². The molecule has 0 aromatic rings. The summed E-state index contributed by atoms with van der Waals surface area (Å²) in [5.74, 6) is 1.61. The zero-order valence-corrected chi connectivity index (χ0v) is 9.54. The van der Waals surface area contributed by atoms with Crippen molar-refractivity contribution in [3.8, 4) is 0 Å². The fourth-order valence-corrected chi connectivity index (χ4v) is 4.91. The van der Waals surface area contributed by atoms with Crippen LogP contribution >= 0.6 is 0 Å². The van der Waals surface area contributed by atoms with Crippen molar-refractivity contribution in [1.82, 2.24) is 0 Å². The molecule has 3 atom stereocenters. The topological polar surface area (TPSA) is 46.2 Å². The molecule has 2 bridgehead atoms. The highest BCUT2D eigenvalue weighted by atomic mass is 16.3. The van der Waals surface area contributed by atoms with Gasteiger partial charge in [-0.1, -0.05) is 19.3 Å². The predicted molar refractivity (Wildman–Crippen MR) is 60.4 cm³/mol. The molecule has 2 heteroatoms. The molecule has 0 aromatic carbocycles. The van der Waals surface area contributed by atoms with Crippen molar-refractivity contribution in [3.05, 3.63) is 0 Å². The van der Waals surface area contributed by atoms with Crippen LogP contribution in [0.2, 0.25) is 0 Å². The Morgan fingerprint density at radius 2 is 1.93 bits per heavy atom. The molecule has 0 saturated heterocycles. The van der Waals surface area contributed by atoms with Crippen LogP contribution in [-0.4, -0.2) is 17.3 Å². The molecule has 0 radical (unpaired) electrons. The van der Waals surface area contributed by atoms with E-state index in [2.05, 4.69) is 0 Å². The Kier molecular flexibility index (Phi) is 2.16. The van der Waals surface area contributed by atoms with Gasteiger partial charge in [0.15, 0.2) is 0 Å². The Bertz CT molecular complexity index is 259. The molecule has 2 nitrogen and oxygen atoms in total. The van der Waals surface area contributed by atoms with Crippen molar-refractivity contribution < 1.29 is 5.11 Å². The van der Waals surface area contributed by atoms with E-state index in [1.807, 2.05) is 0 Å². The molecule has 0 aromatic heterocycles. The van der Waals surface area contributed by atoms with Gasteiger partial charge >= 0.3 is 0 Å². The Hall–Kier alpha value is -0.0800. The smallest absolute Gasteiger partial charge is 0.0718 e. The lowest BCUT2D eigenvalue weighted by Gasteiger charge is -2.48. The van der Waals surface area contributed by atoms with Crippen molar-refractivity contribution in [2.45, 2.75) is 57.0 Å². The number of aliphatic hydroxyl groups is 1. The van der Waals surface area contributed by atoms with Gasteiger partial charge in [-0.05, 0) is 43.9 Å². The van der Waals surface area contributed by atoms with Crippen molar-refractivity contribution in [2.24, 2.45) is 23.0 Å². The SMILES string of the molecule is NCC1(C2(O)CCCC2)CC2CCC1C2. The van der Waals surface area contributed by atoms with Gasteiger partial charge in [-0.25, -0.2) is 0 Å². The van der Waals surface area contributed by atoms with E-state index in [1.54, 1.807) is 0 Å². The summed E-state index contributed by atoms with van der Waals surface area (Å²) in [6, 6.07) is 0. The van der Waals surface area contributed by atoms with E-state index >= 15 is 0 Å². The minimum Gasteiger partial charge on any atom is -0.389 e. The first kappa shape index (κ1) is 10.1. The predicted octanol–water partition coefficient (Wildman–Crippen LogP) is 2.06. The molecule has 0 spiro atoms. The molecule has 0 amide bonds. The second kappa shape index (κ2) is 3.21. The average molecular weight is 209 g/mol. The van der Waals surface area contributed by atoms with Crippen molar-refractivity contribution in [2.75, 3.05) is 6.54 Å². The number of rotatable bonds is 2. The minimum atomic E-state index is -0.401. The lowest BCUT2D eigenvalue weighted by atomic mass is 9.61. The third-order valence-corrected chi connectivity index (χ3v) is 5.70. The van der Waals surface area contributed by atoms with Crippen LogP contribution in [0.5, 0.6) is 0 Å². The molecule has 3 unspecified atom stereocenters. The first-order valence-electron chi connectivity index (χ1n) is 6.63. The Morgan fingerprint density at radius 3 is 2.40 bits per heavy atom. The fourth-order valence-electron chi connectivity index (χ4n) is 4.91. The van der Waals surface area contributed by atoms with Crippen LogP contribution in [0.1, 0.15) is 51.4 Å². The van der Waals surface area contributed by atoms with Crippen LogP contribution in [0.25, 0.3) is 0 Å². The van der Waals surface area contributed by atoms with Crippen LogP contribution in [-0.2, 0) is 0 Å². The van der Waals surface area contributed by atoms with Gasteiger partial charge in [0.2, 0.25) is 0 Å². The fraction of sp³-hybridized carbons (Fsp3) is 1.00. The van der Waals surface area contributed by atoms with Crippen LogP contribution < -0.4 is 5.73 Å². The van der Waals surface area contributed by atoms with E-state index in [0.717, 1.165) is 24.7 Å². The number of hydrogen-bond acceptors (Lipinski definition) is 2. The zero-order valence-electron chi connectivity index (χ0n) is 9.54. The van der Waals surface area contributed by atoms with Gasteiger partial charge in [0.1, 0.15) is 0 Å². The molecule has 3 fully saturated rings. The summed E-state index contributed by atoms with van der Waals surface area (Å²) >= 11 is 0. The quantitative estimate of drug-likeness (QED) is 0.731. The van der Waals surface area contributed by atoms with Crippen molar-refractivity contribution in [3.63, 3.8) is 0 Å². The average Bonchev–Trinajstić information content (AvgIpc) is 2.91. The minimum absolute atomic E-state index is 0.104. The monoisotopic (exact) mass is 209 g/mol. The van der Waals surface area contributed by atoms with Gasteiger partial charge in [0.05, 0.1) is 5.60 Å². The van der Waals surface area contributed by atoms with E-state index in [1.165, 1.54) is 38.5 Å². The summed E-state index contributed by atoms with van der Waals surface area (Å²) < 4.78 is 0. The molecule has 3 N–H and O–H groups in total. The van der Waals surface area contributed by atoms with E-state index in [9.17, 15) is 5.11 Å². The highest BCUT2D eigenvalue weighted by Crippen LogP contribution is 2.63. The van der Waals surface area contributed by atoms with Crippen molar-refractivity contribution >= 4 is 0 Å². The van der Waals surface area contributed by atoms with Crippen molar-refractivity contribution in [1.29, 1.82) is 0 Å². The van der Waals surface area contributed by atoms with Gasteiger partial charge in [-0.15, -0.1) is 0 Å². The lowest BCUT2D eigenvalue weighted by molar-refractivity contribution is -0.104. The van der Waals surface area contributed by atoms with Gasteiger partial charge in [-0.2, -0.15) is 0 Å². The molecule has 0 aliphatic heterocycles. The van der Waals surface area contributed by atoms with E-state index < -0.39 is 5.60 Å². The van der Waals surface area contributed by atoms with Crippen LogP contribution in [0, 0.1) is 17.3 Å². The van der Waals surface area contributed by atoms with Gasteiger partial charge in [-0.3, -0.25) is 0 Å². The number of fused-ring (bicyclic) bond motifs is 2. The normalized spacial score (nSPS) is 47.6. The van der Waals surface area contributed by atoms with Gasteiger partial charge in [0, 0.05) is 12.0 Å².